The van der Waals surface area contributed by atoms with E-state index in [1.165, 1.54) is 11.3 Å². The lowest BCUT2D eigenvalue weighted by Gasteiger charge is -2.31. The minimum absolute atomic E-state index is 0.0653. The van der Waals surface area contributed by atoms with Crippen LogP contribution in [0.5, 0.6) is 0 Å². The Hall–Kier alpha value is -0.980. The molecule has 6 heteroatoms. The summed E-state index contributed by atoms with van der Waals surface area (Å²) in [5, 5.41) is 4.19. The Morgan fingerprint density at radius 3 is 2.75 bits per heavy atom. The van der Waals surface area contributed by atoms with E-state index in [4.69, 9.17) is 4.74 Å². The van der Waals surface area contributed by atoms with E-state index in [-0.39, 0.29) is 12.0 Å². The molecular weight excluding hydrogens is 274 g/mol. The van der Waals surface area contributed by atoms with Crippen molar-refractivity contribution in [1.82, 2.24) is 15.2 Å². The van der Waals surface area contributed by atoms with Crippen molar-refractivity contribution in [3.8, 4) is 0 Å². The molecule has 1 aliphatic heterocycles. The SMILES string of the molecule is CO[C@H](C)c1nc(C)c(C(=O)N(C)C2CCNCC2)s1. The Labute approximate surface area is 124 Å². The molecular formula is C14H23N3O2S. The second kappa shape index (κ2) is 6.65. The van der Waals surface area contributed by atoms with E-state index in [1.807, 2.05) is 25.8 Å². The van der Waals surface area contributed by atoms with Gasteiger partial charge in [0.05, 0.1) is 5.69 Å². The summed E-state index contributed by atoms with van der Waals surface area (Å²) in [6, 6.07) is 0.327. The van der Waals surface area contributed by atoms with Crippen molar-refractivity contribution in [1.29, 1.82) is 0 Å². The first-order valence-corrected chi connectivity index (χ1v) is 7.84. The average molecular weight is 297 g/mol. The fourth-order valence-electron chi connectivity index (χ4n) is 2.41. The Kier molecular flexibility index (Phi) is 5.12. The van der Waals surface area contributed by atoms with Gasteiger partial charge in [0.25, 0.3) is 5.91 Å². The van der Waals surface area contributed by atoms with Gasteiger partial charge >= 0.3 is 0 Å². The van der Waals surface area contributed by atoms with Gasteiger partial charge in [0.2, 0.25) is 0 Å². The molecule has 1 N–H and O–H groups in total. The Morgan fingerprint density at radius 2 is 2.15 bits per heavy atom. The molecule has 1 amide bonds. The number of hydrogen-bond donors (Lipinski definition) is 1. The van der Waals surface area contributed by atoms with Crippen LogP contribution in [0.1, 0.15) is 46.2 Å². The number of hydrogen-bond acceptors (Lipinski definition) is 5. The molecule has 0 spiro atoms. The Balaban J connectivity index is 2.13. The molecule has 0 saturated carbocycles. The van der Waals surface area contributed by atoms with Crippen LogP contribution in [0, 0.1) is 6.92 Å². The normalized spacial score (nSPS) is 18.0. The molecule has 1 saturated heterocycles. The number of piperidine rings is 1. The van der Waals surface area contributed by atoms with Gasteiger partial charge in [-0.3, -0.25) is 4.79 Å². The number of aryl methyl sites for hydroxylation is 1. The molecule has 0 aliphatic carbocycles. The third-order valence-corrected chi connectivity index (χ3v) is 5.19. The van der Waals surface area contributed by atoms with Gasteiger partial charge in [0.15, 0.2) is 0 Å². The molecule has 0 bridgehead atoms. The molecule has 1 atom stereocenters. The third-order valence-electron chi connectivity index (χ3n) is 3.89. The summed E-state index contributed by atoms with van der Waals surface area (Å²) in [7, 11) is 3.56. The Morgan fingerprint density at radius 1 is 1.50 bits per heavy atom. The molecule has 1 fully saturated rings. The molecule has 0 unspecified atom stereocenters. The van der Waals surface area contributed by atoms with Crippen LogP contribution in [0.15, 0.2) is 0 Å². The monoisotopic (exact) mass is 297 g/mol. The lowest BCUT2D eigenvalue weighted by atomic mass is 10.1. The number of ether oxygens (including phenoxy) is 1. The van der Waals surface area contributed by atoms with Crippen LogP contribution >= 0.6 is 11.3 Å². The first-order chi connectivity index (χ1) is 9.54. The number of rotatable bonds is 4. The third kappa shape index (κ3) is 3.19. The van der Waals surface area contributed by atoms with Crippen molar-refractivity contribution in [2.24, 2.45) is 0 Å². The summed E-state index contributed by atoms with van der Waals surface area (Å²) < 4.78 is 5.28. The van der Waals surface area contributed by atoms with Crippen molar-refractivity contribution < 1.29 is 9.53 Å². The predicted molar refractivity (Wildman–Crippen MR) is 80.3 cm³/mol. The highest BCUT2D eigenvalue weighted by molar-refractivity contribution is 7.13. The first-order valence-electron chi connectivity index (χ1n) is 7.02. The van der Waals surface area contributed by atoms with E-state index in [0.29, 0.717) is 6.04 Å². The maximum atomic E-state index is 12.6. The summed E-state index contributed by atoms with van der Waals surface area (Å²) in [4.78, 5) is 19.7. The molecule has 1 aromatic rings. The summed E-state index contributed by atoms with van der Waals surface area (Å²) in [5.41, 5.74) is 0.805. The highest BCUT2D eigenvalue weighted by Gasteiger charge is 2.26. The van der Waals surface area contributed by atoms with Gasteiger partial charge in [0.1, 0.15) is 16.0 Å². The van der Waals surface area contributed by atoms with Crippen LogP contribution in [-0.2, 0) is 4.74 Å². The van der Waals surface area contributed by atoms with Crippen molar-refractivity contribution in [2.75, 3.05) is 27.2 Å². The molecule has 20 heavy (non-hydrogen) atoms. The van der Waals surface area contributed by atoms with Crippen LogP contribution < -0.4 is 5.32 Å². The standard InChI is InChI=1S/C14H23N3O2S/c1-9-12(20-13(16-9)10(2)19-4)14(18)17(3)11-5-7-15-8-6-11/h10-11,15H,5-8H2,1-4H3/t10-/m1/s1. The number of aromatic nitrogens is 1. The zero-order valence-electron chi connectivity index (χ0n) is 12.6. The van der Waals surface area contributed by atoms with E-state index < -0.39 is 0 Å². The van der Waals surface area contributed by atoms with E-state index in [9.17, 15) is 4.79 Å². The lowest BCUT2D eigenvalue weighted by Crippen LogP contribution is -2.43. The van der Waals surface area contributed by atoms with Crippen molar-refractivity contribution in [2.45, 2.75) is 38.8 Å². The maximum Gasteiger partial charge on any atom is 0.265 e. The number of amides is 1. The molecule has 112 valence electrons. The minimum atomic E-state index is -0.0653. The zero-order chi connectivity index (χ0) is 14.7. The minimum Gasteiger partial charge on any atom is -0.375 e. The van der Waals surface area contributed by atoms with Gasteiger partial charge in [0, 0.05) is 20.2 Å². The largest absolute Gasteiger partial charge is 0.375 e. The van der Waals surface area contributed by atoms with Gasteiger partial charge in [-0.2, -0.15) is 0 Å². The van der Waals surface area contributed by atoms with Crippen LogP contribution in [0.4, 0.5) is 0 Å². The van der Waals surface area contributed by atoms with E-state index >= 15 is 0 Å². The fourth-order valence-corrected chi connectivity index (χ4v) is 3.49. The summed E-state index contributed by atoms with van der Waals surface area (Å²) >= 11 is 1.45. The fraction of sp³-hybridized carbons (Fsp3) is 0.714. The second-order valence-corrected chi connectivity index (χ2v) is 6.27. The molecule has 5 nitrogen and oxygen atoms in total. The van der Waals surface area contributed by atoms with Crippen LogP contribution in [0.25, 0.3) is 0 Å². The summed E-state index contributed by atoms with van der Waals surface area (Å²) in [5.74, 6) is 0.0847. The lowest BCUT2D eigenvalue weighted by molar-refractivity contribution is 0.0707. The molecule has 2 heterocycles. The number of nitrogens with zero attached hydrogens (tertiary/aromatic N) is 2. The van der Waals surface area contributed by atoms with E-state index in [1.54, 1.807) is 7.11 Å². The highest BCUT2D eigenvalue weighted by atomic mass is 32.1. The molecule has 1 aliphatic rings. The van der Waals surface area contributed by atoms with Crippen LogP contribution in [0.3, 0.4) is 0 Å². The van der Waals surface area contributed by atoms with E-state index in [0.717, 1.165) is 41.5 Å². The number of carbonyl (C=O) groups is 1. The van der Waals surface area contributed by atoms with Gasteiger partial charge in [-0.25, -0.2) is 4.98 Å². The molecule has 0 aromatic carbocycles. The van der Waals surface area contributed by atoms with Crippen LogP contribution in [-0.4, -0.2) is 49.1 Å². The number of thiazole rings is 1. The van der Waals surface area contributed by atoms with Gasteiger partial charge < -0.3 is 15.0 Å². The zero-order valence-corrected chi connectivity index (χ0v) is 13.4. The first kappa shape index (κ1) is 15.4. The smallest absolute Gasteiger partial charge is 0.265 e. The van der Waals surface area contributed by atoms with Crippen molar-refractivity contribution in [3.05, 3.63) is 15.6 Å². The van der Waals surface area contributed by atoms with Gasteiger partial charge in [-0.05, 0) is 39.8 Å². The predicted octanol–water partition coefficient (Wildman–Crippen LogP) is 1.98. The average Bonchev–Trinajstić information content (AvgIpc) is 2.87. The van der Waals surface area contributed by atoms with E-state index in [2.05, 4.69) is 10.3 Å². The van der Waals surface area contributed by atoms with Crippen molar-refractivity contribution in [3.63, 3.8) is 0 Å². The highest BCUT2D eigenvalue weighted by Crippen LogP contribution is 2.27. The van der Waals surface area contributed by atoms with Gasteiger partial charge in [-0.15, -0.1) is 11.3 Å². The molecule has 2 rings (SSSR count). The number of nitrogens with one attached hydrogen (secondary N) is 1. The Bertz CT molecular complexity index is 469. The maximum absolute atomic E-state index is 12.6. The molecule has 0 radical (unpaired) electrons. The summed E-state index contributed by atoms with van der Waals surface area (Å²) in [6.07, 6.45) is 1.97. The topological polar surface area (TPSA) is 54.5 Å². The molecule has 1 aromatic heterocycles. The number of carbonyl (C=O) groups excluding carboxylic acids is 1. The summed E-state index contributed by atoms with van der Waals surface area (Å²) in [6.45, 7) is 5.81. The second-order valence-electron chi connectivity index (χ2n) is 5.24. The van der Waals surface area contributed by atoms with Crippen molar-refractivity contribution >= 4 is 17.2 Å². The van der Waals surface area contributed by atoms with Crippen LogP contribution in [0.2, 0.25) is 0 Å². The quantitative estimate of drug-likeness (QED) is 0.923. The number of methoxy groups -OCH3 is 1. The van der Waals surface area contributed by atoms with Gasteiger partial charge in [-0.1, -0.05) is 0 Å².